The van der Waals surface area contributed by atoms with Crippen molar-refractivity contribution in [2.45, 2.75) is 11.8 Å². The molecule has 0 atom stereocenters. The molecule has 140 valence electrons. The maximum Gasteiger partial charge on any atom is 0.323 e. The van der Waals surface area contributed by atoms with E-state index in [1.165, 1.54) is 25.4 Å². The third kappa shape index (κ3) is 4.69. The van der Waals surface area contributed by atoms with E-state index in [2.05, 4.69) is 20.9 Å². The lowest BCUT2D eigenvalue weighted by Crippen LogP contribution is -2.19. The molecule has 0 spiro atoms. The number of anilines is 3. The summed E-state index contributed by atoms with van der Waals surface area (Å²) in [7, 11) is 1.53. The maximum atomic E-state index is 12.3. The van der Waals surface area contributed by atoms with Crippen molar-refractivity contribution in [1.82, 2.24) is 4.98 Å². The van der Waals surface area contributed by atoms with Crippen LogP contribution in [0.25, 0.3) is 10.2 Å². The molecular weight excluding hydrogens is 384 g/mol. The van der Waals surface area contributed by atoms with Gasteiger partial charge in [0, 0.05) is 29.3 Å². The van der Waals surface area contributed by atoms with Crippen LogP contribution < -0.4 is 20.7 Å². The highest BCUT2D eigenvalue weighted by Gasteiger charge is 2.13. The van der Waals surface area contributed by atoms with Gasteiger partial charge in [-0.3, -0.25) is 4.79 Å². The molecule has 0 unspecified atom stereocenters. The number of fused-ring (bicyclic) bond motifs is 1. The fraction of sp³-hybridized carbons (Fsp3) is 0.167. The molecule has 0 bridgehead atoms. The molecule has 3 rings (SSSR count). The number of ether oxygens (including phenoxy) is 1. The molecule has 27 heavy (non-hydrogen) atoms. The molecule has 0 aliphatic carbocycles. The van der Waals surface area contributed by atoms with Crippen molar-refractivity contribution < 1.29 is 14.3 Å². The molecule has 0 saturated heterocycles. The Bertz CT molecular complexity index is 1000. The number of amides is 3. The highest BCUT2D eigenvalue weighted by atomic mass is 32.2. The summed E-state index contributed by atoms with van der Waals surface area (Å²) in [5, 5.41) is 8.75. The number of carbonyl (C=O) groups excluding carboxylic acids is 2. The molecule has 9 heteroatoms. The van der Waals surface area contributed by atoms with Gasteiger partial charge in [-0.05, 0) is 30.5 Å². The van der Waals surface area contributed by atoms with E-state index in [0.717, 1.165) is 9.60 Å². The number of carbonyl (C=O) groups is 2. The summed E-state index contributed by atoms with van der Waals surface area (Å²) in [4.78, 5) is 29.0. The van der Waals surface area contributed by atoms with Crippen molar-refractivity contribution >= 4 is 61.8 Å². The zero-order chi connectivity index (χ0) is 19.4. The quantitative estimate of drug-likeness (QED) is 0.541. The first-order chi connectivity index (χ1) is 13.0. The lowest BCUT2D eigenvalue weighted by Gasteiger charge is -2.10. The normalized spacial score (nSPS) is 10.5. The second-order valence-electron chi connectivity index (χ2n) is 5.54. The molecule has 2 aromatic carbocycles. The number of methoxy groups -OCH3 is 1. The second-order valence-corrected chi connectivity index (χ2v) is 7.45. The number of hydrogen-bond acceptors (Lipinski definition) is 6. The minimum atomic E-state index is -0.360. The summed E-state index contributed by atoms with van der Waals surface area (Å²) in [6.07, 6.45) is 1.98. The number of thiazole rings is 1. The van der Waals surface area contributed by atoms with Crippen LogP contribution >= 0.6 is 23.1 Å². The standard InChI is InChI=1S/C18H18N4O3S2/c1-10(23)19-18-22-16-14(25-2)8-12(9-15(16)27-18)21-17(24)20-11-5-4-6-13(7-11)26-3/h4-9H,1-3H3,(H,19,22,23)(H2,20,21,24). The SMILES string of the molecule is COc1cc(NC(=O)Nc2cccc(SC)c2)cc2sc(NC(C)=O)nc12. The predicted octanol–water partition coefficient (Wildman–Crippen LogP) is 4.63. The molecule has 0 fully saturated rings. The number of nitrogens with one attached hydrogen (secondary N) is 3. The van der Waals surface area contributed by atoms with E-state index >= 15 is 0 Å². The Labute approximate surface area is 164 Å². The number of urea groups is 1. The largest absolute Gasteiger partial charge is 0.494 e. The minimum absolute atomic E-state index is 0.196. The Kier molecular flexibility index (Phi) is 5.82. The van der Waals surface area contributed by atoms with E-state index in [0.29, 0.717) is 27.8 Å². The monoisotopic (exact) mass is 402 g/mol. The van der Waals surface area contributed by atoms with Gasteiger partial charge in [0.2, 0.25) is 5.91 Å². The van der Waals surface area contributed by atoms with Crippen LogP contribution in [0, 0.1) is 0 Å². The number of hydrogen-bond donors (Lipinski definition) is 3. The highest BCUT2D eigenvalue weighted by molar-refractivity contribution is 7.98. The molecular formula is C18H18N4O3S2. The van der Waals surface area contributed by atoms with Crippen LogP contribution in [-0.4, -0.2) is 30.3 Å². The number of rotatable bonds is 5. The number of aromatic nitrogens is 1. The Morgan fingerprint density at radius 1 is 1.11 bits per heavy atom. The maximum absolute atomic E-state index is 12.3. The van der Waals surface area contributed by atoms with E-state index in [1.807, 2.05) is 30.5 Å². The molecule has 3 N–H and O–H groups in total. The predicted molar refractivity (Wildman–Crippen MR) is 111 cm³/mol. The fourth-order valence-electron chi connectivity index (χ4n) is 2.42. The third-order valence-corrected chi connectivity index (χ3v) is 5.19. The van der Waals surface area contributed by atoms with Crippen LogP contribution in [0.15, 0.2) is 41.3 Å². The van der Waals surface area contributed by atoms with Gasteiger partial charge < -0.3 is 20.7 Å². The summed E-state index contributed by atoms with van der Waals surface area (Å²) >= 11 is 2.91. The fourth-order valence-corrected chi connectivity index (χ4v) is 3.85. The summed E-state index contributed by atoms with van der Waals surface area (Å²) in [6.45, 7) is 1.42. The van der Waals surface area contributed by atoms with E-state index in [-0.39, 0.29) is 11.9 Å². The smallest absolute Gasteiger partial charge is 0.323 e. The lowest BCUT2D eigenvalue weighted by molar-refractivity contribution is -0.114. The van der Waals surface area contributed by atoms with Gasteiger partial charge in [-0.15, -0.1) is 11.8 Å². The first-order valence-corrected chi connectivity index (χ1v) is 10.0. The first-order valence-electron chi connectivity index (χ1n) is 7.96. The van der Waals surface area contributed by atoms with Crippen molar-refractivity contribution in [3.05, 3.63) is 36.4 Å². The van der Waals surface area contributed by atoms with Crippen molar-refractivity contribution in [2.24, 2.45) is 0 Å². The zero-order valence-electron chi connectivity index (χ0n) is 15.0. The van der Waals surface area contributed by atoms with Crippen LogP contribution in [-0.2, 0) is 4.79 Å². The Balaban J connectivity index is 1.81. The Hall–Kier alpha value is -2.78. The van der Waals surface area contributed by atoms with Gasteiger partial charge in [0.1, 0.15) is 11.3 Å². The molecule has 0 aliphatic heterocycles. The molecule has 3 amide bonds. The second kappa shape index (κ2) is 8.28. The van der Waals surface area contributed by atoms with Gasteiger partial charge in [-0.1, -0.05) is 17.4 Å². The van der Waals surface area contributed by atoms with Crippen molar-refractivity contribution in [1.29, 1.82) is 0 Å². The van der Waals surface area contributed by atoms with Crippen LogP contribution in [0.4, 0.5) is 21.3 Å². The Morgan fingerprint density at radius 3 is 2.59 bits per heavy atom. The molecule has 1 heterocycles. The summed E-state index contributed by atoms with van der Waals surface area (Å²) in [6, 6.07) is 10.7. The van der Waals surface area contributed by atoms with Gasteiger partial charge in [0.05, 0.1) is 11.8 Å². The van der Waals surface area contributed by atoms with Gasteiger partial charge in [0.25, 0.3) is 0 Å². The van der Waals surface area contributed by atoms with E-state index in [1.54, 1.807) is 23.9 Å². The van der Waals surface area contributed by atoms with Crippen molar-refractivity contribution in [3.8, 4) is 5.75 Å². The van der Waals surface area contributed by atoms with E-state index < -0.39 is 0 Å². The van der Waals surface area contributed by atoms with Crippen LogP contribution in [0.3, 0.4) is 0 Å². The number of nitrogens with zero attached hydrogens (tertiary/aromatic N) is 1. The van der Waals surface area contributed by atoms with Crippen LogP contribution in [0.1, 0.15) is 6.92 Å². The van der Waals surface area contributed by atoms with Crippen molar-refractivity contribution in [3.63, 3.8) is 0 Å². The molecule has 1 aromatic heterocycles. The number of benzene rings is 2. The molecule has 3 aromatic rings. The van der Waals surface area contributed by atoms with E-state index in [9.17, 15) is 9.59 Å². The molecule has 0 radical (unpaired) electrons. The van der Waals surface area contributed by atoms with E-state index in [4.69, 9.17) is 4.74 Å². The average Bonchev–Trinajstić information content (AvgIpc) is 3.02. The lowest BCUT2D eigenvalue weighted by atomic mass is 10.2. The zero-order valence-corrected chi connectivity index (χ0v) is 16.6. The third-order valence-electron chi connectivity index (χ3n) is 3.55. The van der Waals surface area contributed by atoms with Crippen LogP contribution in [0.5, 0.6) is 5.75 Å². The Morgan fingerprint density at radius 2 is 1.89 bits per heavy atom. The topological polar surface area (TPSA) is 92.4 Å². The summed E-state index contributed by atoms with van der Waals surface area (Å²) in [5.74, 6) is 0.318. The van der Waals surface area contributed by atoms with Gasteiger partial charge in [-0.25, -0.2) is 9.78 Å². The molecule has 0 saturated carbocycles. The minimum Gasteiger partial charge on any atom is -0.494 e. The molecule has 7 nitrogen and oxygen atoms in total. The highest BCUT2D eigenvalue weighted by Crippen LogP contribution is 2.35. The van der Waals surface area contributed by atoms with Gasteiger partial charge in [0.15, 0.2) is 5.13 Å². The van der Waals surface area contributed by atoms with Gasteiger partial charge in [-0.2, -0.15) is 0 Å². The van der Waals surface area contributed by atoms with Gasteiger partial charge >= 0.3 is 6.03 Å². The summed E-state index contributed by atoms with van der Waals surface area (Å²) in [5.41, 5.74) is 1.90. The first kappa shape index (κ1) is 19.0. The van der Waals surface area contributed by atoms with Crippen LogP contribution in [0.2, 0.25) is 0 Å². The average molecular weight is 403 g/mol. The van der Waals surface area contributed by atoms with Crippen molar-refractivity contribution in [2.75, 3.05) is 29.3 Å². The summed E-state index contributed by atoms with van der Waals surface area (Å²) < 4.78 is 6.16. The molecule has 0 aliphatic rings. The number of thioether (sulfide) groups is 1.